The van der Waals surface area contributed by atoms with E-state index in [9.17, 15) is 55.5 Å². The minimum atomic E-state index is -1.69. The fourth-order valence-electron chi connectivity index (χ4n) is 15.2. The third-order valence-electron chi connectivity index (χ3n) is 19.8. The molecule has 5 aliphatic carbocycles. The van der Waals surface area contributed by atoms with Crippen molar-refractivity contribution in [3.05, 3.63) is 49.2 Å². The molecule has 0 aromatic heterocycles. The van der Waals surface area contributed by atoms with E-state index in [0.717, 1.165) is 62.1 Å². The molecule has 0 bridgehead atoms. The summed E-state index contributed by atoms with van der Waals surface area (Å²) in [6.45, 7) is 16.3. The van der Waals surface area contributed by atoms with Crippen LogP contribution in [0.2, 0.25) is 0 Å². The lowest BCUT2D eigenvalue weighted by molar-refractivity contribution is -0.701. The topological polar surface area (TPSA) is 307 Å². The van der Waals surface area contributed by atoms with Gasteiger partial charge in [-0.2, -0.15) is 0 Å². The second-order valence-electron chi connectivity index (χ2n) is 24.4. The largest absolute Gasteiger partial charge is 0.569 e. The average Bonchev–Trinajstić information content (AvgIpc) is 3.34. The number of hydrazine groups is 1. The Labute approximate surface area is 431 Å². The molecule has 2 heterocycles. The van der Waals surface area contributed by atoms with Crippen molar-refractivity contribution in [2.45, 2.75) is 149 Å². The molecule has 0 amide bonds. The number of benzene rings is 1. The molecule has 1 aromatic rings. The van der Waals surface area contributed by atoms with Gasteiger partial charge in [-0.15, -0.1) is 5.01 Å². The van der Waals surface area contributed by atoms with Crippen LogP contribution in [-0.4, -0.2) is 159 Å². The second-order valence-corrected chi connectivity index (χ2v) is 24.4. The fourth-order valence-corrected chi connectivity index (χ4v) is 15.2. The number of piperazine rings is 1. The maximum absolute atomic E-state index is 14.7. The zero-order valence-corrected chi connectivity index (χ0v) is 44.0. The Morgan fingerprint density at radius 3 is 2.16 bits per heavy atom. The van der Waals surface area contributed by atoms with Crippen molar-refractivity contribution >= 4 is 29.0 Å². The molecule has 23 nitrogen and oxygen atoms in total. The van der Waals surface area contributed by atoms with Gasteiger partial charge in [-0.3, -0.25) is 39.6 Å². The van der Waals surface area contributed by atoms with Crippen molar-refractivity contribution in [1.29, 1.82) is 0 Å². The Hall–Kier alpha value is -4.78. The molecule has 23 heteroatoms. The van der Waals surface area contributed by atoms with Crippen molar-refractivity contribution in [2.24, 2.45) is 55.5 Å². The van der Waals surface area contributed by atoms with E-state index in [2.05, 4.69) is 59.8 Å². The molecule has 0 radical (unpaired) electrons. The van der Waals surface area contributed by atoms with Gasteiger partial charge in [0.2, 0.25) is 17.3 Å². The van der Waals surface area contributed by atoms with Crippen LogP contribution in [-0.2, 0) is 23.8 Å². The smallest absolute Gasteiger partial charge is 0.321 e. The van der Waals surface area contributed by atoms with Gasteiger partial charge in [-0.25, -0.2) is 0 Å². The Morgan fingerprint density at radius 1 is 0.838 bits per heavy atom. The van der Waals surface area contributed by atoms with Crippen molar-refractivity contribution < 1.29 is 69.0 Å². The summed E-state index contributed by atoms with van der Waals surface area (Å²) in [5.41, 5.74) is -1.72. The molecule has 5 N–H and O–H groups in total. The molecule has 74 heavy (non-hydrogen) atoms. The second kappa shape index (κ2) is 20.3. The van der Waals surface area contributed by atoms with Crippen LogP contribution < -0.4 is 9.74 Å². The standard InChI is InChI=1S/C51H77N7O16/c1-46(2)15-17-51(45(65)73-44-43(64)42(63)41(62)36(29-60)71-44)18-16-49(6)30(31(51)27-46)9-10-38-48(5)13-12-39(47(3,4)37(48)11-14-50(38,49)7)72-40(61)28-54-19-21-55(22-20-54)32-26-35(74-52-58(70)53(8)23-24-59)34(57(68)69)25-33(32)56(66)67/h9,25-26,31,36-39,41-44,59-60,62-64H,10-24,27-29H2,1-8H3/b58-52+/t31-,36+,37-,38+,39-,41-,42-,43+,44-,48-,49+,50+,51-/m0/s1. The molecule has 0 spiro atoms. The number of allylic oxidation sites excluding steroid dienone is 2. The van der Waals surface area contributed by atoms with Crippen LogP contribution in [0.15, 0.2) is 29.1 Å². The molecule has 13 atom stereocenters. The fraction of sp³-hybridized carbons (Fsp3) is 0.804. The number of nitro benzene ring substituents is 2. The van der Waals surface area contributed by atoms with E-state index in [0.29, 0.717) is 38.3 Å². The first-order chi connectivity index (χ1) is 34.7. The molecule has 2 aliphatic heterocycles. The number of aliphatic hydroxyl groups excluding tert-OH is 5. The third kappa shape index (κ3) is 9.49. The Bertz CT molecular complexity index is 2390. The van der Waals surface area contributed by atoms with E-state index >= 15 is 0 Å². The Balaban J connectivity index is 0.938. The summed E-state index contributed by atoms with van der Waals surface area (Å²) in [7, 11) is 1.31. The van der Waals surface area contributed by atoms with E-state index < -0.39 is 75.7 Å². The van der Waals surface area contributed by atoms with Crippen LogP contribution in [0, 0.1) is 75.7 Å². The van der Waals surface area contributed by atoms with Gasteiger partial charge in [-0.05, 0) is 104 Å². The number of esters is 2. The number of ether oxygens (including phenoxy) is 3. The highest BCUT2D eigenvalue weighted by Gasteiger charge is 2.70. The number of aliphatic hydroxyl groups is 5. The summed E-state index contributed by atoms with van der Waals surface area (Å²) in [5.74, 6) is -0.913. The van der Waals surface area contributed by atoms with Gasteiger partial charge in [-0.1, -0.05) is 60.1 Å². The summed E-state index contributed by atoms with van der Waals surface area (Å²) in [6, 6.07) is 1.87. The molecular formula is C51H77N7O16. The molecular weight excluding hydrogens is 967 g/mol. The first-order valence-corrected chi connectivity index (χ1v) is 26.2. The number of rotatable bonds is 14. The van der Waals surface area contributed by atoms with Crippen LogP contribution in [0.5, 0.6) is 5.75 Å². The highest BCUT2D eigenvalue weighted by molar-refractivity contribution is 5.79. The number of carbonyl (C=O) groups excluding carboxylic acids is 2. The predicted octanol–water partition coefficient (Wildman–Crippen LogP) is 4.78. The van der Waals surface area contributed by atoms with Crippen molar-refractivity contribution in [2.75, 3.05) is 64.4 Å². The summed E-state index contributed by atoms with van der Waals surface area (Å²) in [6.07, 6.45) is 2.23. The number of fused-ring (bicyclic) bond motifs is 7. The number of anilines is 1. The van der Waals surface area contributed by atoms with E-state index in [1.165, 1.54) is 12.6 Å². The normalized spacial score (nSPS) is 37.7. The average molecular weight is 1040 g/mol. The van der Waals surface area contributed by atoms with E-state index in [4.69, 9.17) is 24.2 Å². The first kappa shape index (κ1) is 55.5. The number of hydrogen-bond donors (Lipinski definition) is 5. The monoisotopic (exact) mass is 1040 g/mol. The van der Waals surface area contributed by atoms with Crippen LogP contribution in [0.3, 0.4) is 0 Å². The molecule has 7 aliphatic rings. The van der Waals surface area contributed by atoms with Crippen LogP contribution in [0.1, 0.15) is 113 Å². The van der Waals surface area contributed by atoms with Crippen LogP contribution in [0.4, 0.5) is 17.1 Å². The van der Waals surface area contributed by atoms with E-state index in [1.807, 2.05) is 4.90 Å². The van der Waals surface area contributed by atoms with Crippen molar-refractivity contribution in [3.8, 4) is 5.75 Å². The van der Waals surface area contributed by atoms with Crippen molar-refractivity contribution in [1.82, 2.24) is 9.91 Å². The van der Waals surface area contributed by atoms with E-state index in [1.54, 1.807) is 4.90 Å². The lowest BCUT2D eigenvalue weighted by Crippen LogP contribution is -2.65. The van der Waals surface area contributed by atoms with Gasteiger partial charge in [0.15, 0.2) is 0 Å². The Morgan fingerprint density at radius 2 is 1.51 bits per heavy atom. The van der Waals surface area contributed by atoms with Gasteiger partial charge in [0.25, 0.3) is 5.69 Å². The minimum Gasteiger partial charge on any atom is -0.569 e. The number of likely N-dealkylation sites (N-methyl/N-ethyl adjacent to an activating group) is 1. The molecule has 8 rings (SSSR count). The maximum atomic E-state index is 14.7. The summed E-state index contributed by atoms with van der Waals surface area (Å²) in [4.78, 5) is 59.7. The quantitative estimate of drug-likeness (QED) is 0.0418. The van der Waals surface area contributed by atoms with Crippen molar-refractivity contribution in [3.63, 3.8) is 0 Å². The SMILES string of the molecule is CN(CCO)/[N+]([O-])=N\Oc1cc(N2CCN(CC(=O)O[C@H]3CC[C@]4(C)[C@H]5CC=C6[C@@H]7CC(C)(C)CC[C@]7(C(=O)O[C@@H]7O[C@H](CO)[C@H](O)[C@H](O)[C@H]7O)CC[C@@]6(C)[C@]5(C)CC[C@H]4C3(C)C)CC2)c([N+](=O)[O-])cc1[N+](=O)[O-]. The summed E-state index contributed by atoms with van der Waals surface area (Å²) >= 11 is 0. The van der Waals surface area contributed by atoms with Gasteiger partial charge in [0.1, 0.15) is 42.3 Å². The van der Waals surface area contributed by atoms with Gasteiger partial charge in [0, 0.05) is 37.7 Å². The third-order valence-corrected chi connectivity index (χ3v) is 19.8. The molecule has 412 valence electrons. The maximum Gasteiger partial charge on any atom is 0.321 e. The first-order valence-electron chi connectivity index (χ1n) is 26.2. The van der Waals surface area contributed by atoms with Gasteiger partial charge in [0.05, 0.1) is 53.6 Å². The lowest BCUT2D eigenvalue weighted by Gasteiger charge is -2.71. The summed E-state index contributed by atoms with van der Waals surface area (Å²) in [5, 5.41) is 91.3. The van der Waals surface area contributed by atoms with Crippen LogP contribution >= 0.6 is 0 Å². The van der Waals surface area contributed by atoms with Gasteiger partial charge < -0.3 is 49.9 Å². The molecule has 4 saturated carbocycles. The summed E-state index contributed by atoms with van der Waals surface area (Å²) < 4.78 is 18.1. The zero-order valence-electron chi connectivity index (χ0n) is 44.0. The predicted molar refractivity (Wildman–Crippen MR) is 264 cm³/mol. The number of carbonyl (C=O) groups is 2. The molecule has 2 saturated heterocycles. The highest BCUT2D eigenvalue weighted by Crippen LogP contribution is 2.76. The lowest BCUT2D eigenvalue weighted by atomic mass is 9.33. The molecule has 1 aromatic carbocycles. The van der Waals surface area contributed by atoms with E-state index in [-0.39, 0.29) is 94.4 Å². The van der Waals surface area contributed by atoms with Gasteiger partial charge >= 0.3 is 17.6 Å². The number of nitro groups is 2. The number of nitrogens with zero attached hydrogens (tertiary/aromatic N) is 7. The number of hydrogen-bond acceptors (Lipinski definition) is 19. The molecule has 6 fully saturated rings. The molecule has 0 unspecified atom stereocenters. The highest BCUT2D eigenvalue weighted by atomic mass is 16.7. The minimum absolute atomic E-state index is 0.000784. The van der Waals surface area contributed by atoms with Crippen LogP contribution in [0.25, 0.3) is 0 Å². The zero-order chi connectivity index (χ0) is 54.1. The Kier molecular flexibility index (Phi) is 15.2.